The van der Waals surface area contributed by atoms with Crippen LogP contribution in [0.2, 0.25) is 0 Å². The smallest absolute Gasteiger partial charge is 0.313 e. The van der Waals surface area contributed by atoms with Gasteiger partial charge in [-0.3, -0.25) is 9.59 Å². The number of benzene rings is 1. The topological polar surface area (TPSA) is 67.4 Å². The molecule has 0 atom stereocenters. The maximum atomic E-state index is 11.7. The third kappa shape index (κ3) is 5.66. The Morgan fingerprint density at radius 2 is 1.86 bits per heavy atom. The number of ether oxygens (including phenoxy) is 1. The van der Waals surface area contributed by atoms with Gasteiger partial charge in [-0.15, -0.1) is 0 Å². The van der Waals surface area contributed by atoms with Crippen LogP contribution in [0, 0.1) is 0 Å². The summed E-state index contributed by atoms with van der Waals surface area (Å²) in [6.45, 7) is 7.41. The Bertz CT molecular complexity index is 574. The van der Waals surface area contributed by atoms with Crippen molar-refractivity contribution in [3.63, 3.8) is 0 Å². The van der Waals surface area contributed by atoms with Crippen LogP contribution in [-0.4, -0.2) is 25.5 Å². The Kier molecular flexibility index (Phi) is 7.19. The summed E-state index contributed by atoms with van der Waals surface area (Å²) in [5.74, 6) is -0.647. The van der Waals surface area contributed by atoms with E-state index in [9.17, 15) is 9.59 Å². The van der Waals surface area contributed by atoms with Crippen LogP contribution in [0.3, 0.4) is 0 Å². The molecule has 22 heavy (non-hydrogen) atoms. The Balaban J connectivity index is 2.41. The normalized spacial score (nSPS) is 10.5. The van der Waals surface area contributed by atoms with Crippen molar-refractivity contribution in [3.05, 3.63) is 66.9 Å². The average molecular weight is 300 g/mol. The van der Waals surface area contributed by atoms with Crippen molar-refractivity contribution >= 4 is 11.8 Å². The molecule has 0 aliphatic heterocycles. The Morgan fingerprint density at radius 1 is 1.18 bits per heavy atom. The Morgan fingerprint density at radius 3 is 2.41 bits per heavy atom. The number of carbonyl (C=O) groups excluding carboxylic acids is 2. The number of hydrogen-bond donors (Lipinski definition) is 2. The number of nitrogens with one attached hydrogen (secondary N) is 2. The molecule has 0 aliphatic rings. The number of methoxy groups -OCH3 is 1. The van der Waals surface area contributed by atoms with Crippen molar-refractivity contribution in [2.75, 3.05) is 13.7 Å². The summed E-state index contributed by atoms with van der Waals surface area (Å²) in [6, 6.07) is 7.52. The fourth-order valence-corrected chi connectivity index (χ4v) is 1.67. The number of carbonyl (C=O) groups is 2. The zero-order chi connectivity index (χ0) is 16.4. The minimum Gasteiger partial charge on any atom is -0.497 e. The van der Waals surface area contributed by atoms with E-state index in [-0.39, 0.29) is 0 Å². The SMILES string of the molecule is C=C/C=C(\C=C)NC(=O)C(=O)NCCc1ccc(OC)cc1. The van der Waals surface area contributed by atoms with E-state index in [4.69, 9.17) is 4.74 Å². The maximum absolute atomic E-state index is 11.7. The predicted octanol–water partition coefficient (Wildman–Crippen LogP) is 1.73. The molecule has 0 aromatic heterocycles. The molecule has 0 heterocycles. The molecule has 5 nitrogen and oxygen atoms in total. The Labute approximate surface area is 130 Å². The second kappa shape index (κ2) is 9.18. The highest BCUT2D eigenvalue weighted by atomic mass is 16.5. The van der Waals surface area contributed by atoms with Crippen LogP contribution in [0.25, 0.3) is 0 Å². The lowest BCUT2D eigenvalue weighted by Gasteiger charge is -2.07. The summed E-state index contributed by atoms with van der Waals surface area (Å²) < 4.78 is 5.07. The predicted molar refractivity (Wildman–Crippen MR) is 86.3 cm³/mol. The van der Waals surface area contributed by atoms with Crippen molar-refractivity contribution < 1.29 is 14.3 Å². The lowest BCUT2D eigenvalue weighted by molar-refractivity contribution is -0.138. The summed E-state index contributed by atoms with van der Waals surface area (Å²) in [5.41, 5.74) is 1.46. The van der Waals surface area contributed by atoms with Crippen LogP contribution in [0.1, 0.15) is 5.56 Å². The molecule has 1 aromatic rings. The molecular weight excluding hydrogens is 280 g/mol. The van der Waals surface area contributed by atoms with Crippen LogP contribution >= 0.6 is 0 Å². The largest absolute Gasteiger partial charge is 0.497 e. The summed E-state index contributed by atoms with van der Waals surface area (Å²) in [5, 5.41) is 5.00. The van der Waals surface area contributed by atoms with Crippen molar-refractivity contribution in [2.24, 2.45) is 0 Å². The van der Waals surface area contributed by atoms with Gasteiger partial charge in [0.25, 0.3) is 0 Å². The van der Waals surface area contributed by atoms with Gasteiger partial charge in [0.1, 0.15) is 5.75 Å². The van der Waals surface area contributed by atoms with Gasteiger partial charge in [0.15, 0.2) is 0 Å². The van der Waals surface area contributed by atoms with Gasteiger partial charge in [0, 0.05) is 12.2 Å². The standard InChI is InChI=1S/C17H20N2O3/c1-4-6-14(5-2)19-17(21)16(20)18-12-11-13-7-9-15(22-3)10-8-13/h4-10H,1-2,11-12H2,3H3,(H,18,20)(H,19,21)/b14-6+. The molecule has 1 aromatic carbocycles. The van der Waals surface area contributed by atoms with E-state index in [1.807, 2.05) is 24.3 Å². The van der Waals surface area contributed by atoms with E-state index in [1.54, 1.807) is 13.2 Å². The van der Waals surface area contributed by atoms with Crippen molar-refractivity contribution in [1.29, 1.82) is 0 Å². The van der Waals surface area contributed by atoms with Crippen LogP contribution < -0.4 is 15.4 Å². The number of amides is 2. The molecule has 0 saturated heterocycles. The van der Waals surface area contributed by atoms with Crippen molar-refractivity contribution in [3.8, 4) is 5.75 Å². The van der Waals surface area contributed by atoms with Crippen LogP contribution in [0.15, 0.2) is 61.3 Å². The molecule has 5 heteroatoms. The monoisotopic (exact) mass is 300 g/mol. The summed E-state index contributed by atoms with van der Waals surface area (Å²) >= 11 is 0. The van der Waals surface area contributed by atoms with Crippen LogP contribution in [0.4, 0.5) is 0 Å². The average Bonchev–Trinajstić information content (AvgIpc) is 2.54. The number of rotatable bonds is 7. The van der Waals surface area contributed by atoms with E-state index < -0.39 is 11.8 Å². The molecule has 0 radical (unpaired) electrons. The van der Waals surface area contributed by atoms with E-state index in [2.05, 4.69) is 23.8 Å². The first-order valence-electron chi connectivity index (χ1n) is 6.78. The van der Waals surface area contributed by atoms with Crippen molar-refractivity contribution in [1.82, 2.24) is 10.6 Å². The zero-order valence-electron chi connectivity index (χ0n) is 12.6. The van der Waals surface area contributed by atoms with Crippen LogP contribution in [0.5, 0.6) is 5.75 Å². The third-order valence-electron chi connectivity index (χ3n) is 2.84. The molecule has 0 fully saturated rings. The molecule has 0 bridgehead atoms. The van der Waals surface area contributed by atoms with Gasteiger partial charge in [-0.1, -0.05) is 31.4 Å². The second-order valence-electron chi connectivity index (χ2n) is 4.37. The van der Waals surface area contributed by atoms with Crippen LogP contribution in [-0.2, 0) is 16.0 Å². The molecule has 0 spiro atoms. The summed E-state index contributed by atoms with van der Waals surface area (Å²) in [6.07, 6.45) is 5.11. The van der Waals surface area contributed by atoms with Gasteiger partial charge < -0.3 is 15.4 Å². The molecule has 2 amide bonds. The molecule has 1 rings (SSSR count). The Hall–Kier alpha value is -2.82. The molecular formula is C17H20N2O3. The van der Waals surface area contributed by atoms with E-state index in [0.717, 1.165) is 11.3 Å². The maximum Gasteiger partial charge on any atom is 0.313 e. The molecule has 0 unspecified atom stereocenters. The van der Waals surface area contributed by atoms with Gasteiger partial charge in [0.2, 0.25) is 0 Å². The van der Waals surface area contributed by atoms with E-state index in [1.165, 1.54) is 12.2 Å². The van der Waals surface area contributed by atoms with Gasteiger partial charge >= 0.3 is 11.8 Å². The molecule has 2 N–H and O–H groups in total. The number of allylic oxidation sites excluding steroid dienone is 3. The minimum atomic E-state index is -0.734. The summed E-state index contributed by atoms with van der Waals surface area (Å²) in [4.78, 5) is 23.3. The van der Waals surface area contributed by atoms with Gasteiger partial charge in [-0.2, -0.15) is 0 Å². The lowest BCUT2D eigenvalue weighted by atomic mass is 10.1. The molecule has 0 saturated carbocycles. The fourth-order valence-electron chi connectivity index (χ4n) is 1.67. The highest BCUT2D eigenvalue weighted by Crippen LogP contribution is 2.11. The van der Waals surface area contributed by atoms with Gasteiger partial charge in [0.05, 0.1) is 7.11 Å². The first-order chi connectivity index (χ1) is 10.6. The quantitative estimate of drug-likeness (QED) is 0.595. The minimum absolute atomic E-state index is 0.368. The molecule has 0 aliphatic carbocycles. The zero-order valence-corrected chi connectivity index (χ0v) is 12.6. The first kappa shape index (κ1) is 17.2. The van der Waals surface area contributed by atoms with E-state index >= 15 is 0 Å². The van der Waals surface area contributed by atoms with Gasteiger partial charge in [-0.05, 0) is 36.3 Å². The van der Waals surface area contributed by atoms with Gasteiger partial charge in [-0.25, -0.2) is 0 Å². The lowest BCUT2D eigenvalue weighted by Crippen LogP contribution is -2.40. The highest BCUT2D eigenvalue weighted by Gasteiger charge is 2.12. The van der Waals surface area contributed by atoms with Crippen molar-refractivity contribution in [2.45, 2.75) is 6.42 Å². The summed E-state index contributed by atoms with van der Waals surface area (Å²) in [7, 11) is 1.60. The second-order valence-corrected chi connectivity index (χ2v) is 4.37. The van der Waals surface area contributed by atoms with E-state index in [0.29, 0.717) is 18.7 Å². The molecule has 116 valence electrons. The fraction of sp³-hybridized carbons (Fsp3) is 0.176. The third-order valence-corrected chi connectivity index (χ3v) is 2.84. The first-order valence-corrected chi connectivity index (χ1v) is 6.78. The highest BCUT2D eigenvalue weighted by molar-refractivity contribution is 6.35. The number of hydrogen-bond acceptors (Lipinski definition) is 3.